The summed E-state index contributed by atoms with van der Waals surface area (Å²) in [5.41, 5.74) is -0.0146. The first kappa shape index (κ1) is 10.2. The van der Waals surface area contributed by atoms with Gasteiger partial charge in [0.2, 0.25) is 0 Å². The highest BCUT2D eigenvalue weighted by molar-refractivity contribution is 7.79. The molecule has 0 saturated carbocycles. The van der Waals surface area contributed by atoms with Gasteiger partial charge < -0.3 is 9.66 Å². The fourth-order valence-corrected chi connectivity index (χ4v) is 1.56. The molecule has 0 aromatic heterocycles. The van der Waals surface area contributed by atoms with E-state index in [9.17, 15) is 9.00 Å². The second kappa shape index (κ2) is 3.87. The molecule has 0 fully saturated rings. The molecule has 4 nitrogen and oxygen atoms in total. The molecule has 0 bridgehead atoms. The van der Waals surface area contributed by atoms with Gasteiger partial charge in [0.25, 0.3) is 0 Å². The third-order valence-electron chi connectivity index (χ3n) is 1.37. The Morgan fingerprint density at radius 2 is 2.08 bits per heavy atom. The smallest absolute Gasteiger partial charge is 0.335 e. The minimum absolute atomic E-state index is 0.00617. The van der Waals surface area contributed by atoms with Crippen LogP contribution < -0.4 is 0 Å². The Balaban J connectivity index is 3.20. The van der Waals surface area contributed by atoms with Gasteiger partial charge in [-0.25, -0.2) is 9.00 Å². The van der Waals surface area contributed by atoms with Crippen molar-refractivity contribution < 1.29 is 18.7 Å². The van der Waals surface area contributed by atoms with Crippen LogP contribution >= 0.6 is 11.6 Å². The van der Waals surface area contributed by atoms with Gasteiger partial charge in [0, 0.05) is 0 Å². The third-order valence-corrected chi connectivity index (χ3v) is 2.52. The maximum atomic E-state index is 10.6. The standard InChI is InChI=1S/C7H5ClO4S/c8-5-3-4(7(9)10)1-2-6(5)13(11)12/h1-3H,(H,9,10)(H,11,12). The van der Waals surface area contributed by atoms with Gasteiger partial charge in [-0.05, 0) is 18.2 Å². The molecular formula is C7H5ClO4S. The molecule has 6 heteroatoms. The summed E-state index contributed by atoms with van der Waals surface area (Å²) in [4.78, 5) is 10.4. The Morgan fingerprint density at radius 3 is 2.46 bits per heavy atom. The van der Waals surface area contributed by atoms with Crippen LogP contribution in [0.25, 0.3) is 0 Å². The Kier molecular flexibility index (Phi) is 3.02. The van der Waals surface area contributed by atoms with Gasteiger partial charge in [-0.15, -0.1) is 0 Å². The summed E-state index contributed by atoms with van der Waals surface area (Å²) >= 11 is 3.37. The second-order valence-electron chi connectivity index (χ2n) is 2.20. The lowest BCUT2D eigenvalue weighted by Crippen LogP contribution is -1.97. The number of hydrogen-bond acceptors (Lipinski definition) is 2. The fraction of sp³-hybridized carbons (Fsp3) is 0. The van der Waals surface area contributed by atoms with Gasteiger partial charge in [-0.1, -0.05) is 11.6 Å². The number of carbonyl (C=O) groups is 1. The number of carboxylic acids is 1. The van der Waals surface area contributed by atoms with Crippen LogP contribution in [0.2, 0.25) is 5.02 Å². The van der Waals surface area contributed by atoms with Crippen molar-refractivity contribution in [3.05, 3.63) is 28.8 Å². The summed E-state index contributed by atoms with van der Waals surface area (Å²) < 4.78 is 19.3. The summed E-state index contributed by atoms with van der Waals surface area (Å²) in [5, 5.41) is 8.51. The van der Waals surface area contributed by atoms with Crippen LogP contribution in [-0.2, 0) is 11.1 Å². The number of carboxylic acid groups (broad SMARTS) is 1. The van der Waals surface area contributed by atoms with Crippen molar-refractivity contribution in [2.45, 2.75) is 4.90 Å². The average Bonchev–Trinajstić information content (AvgIpc) is 2.03. The maximum Gasteiger partial charge on any atom is 0.335 e. The normalized spacial score (nSPS) is 12.5. The predicted octanol–water partition coefficient (Wildman–Crippen LogP) is 1.62. The molecule has 1 rings (SSSR count). The summed E-state index contributed by atoms with van der Waals surface area (Å²) in [6.07, 6.45) is 0. The molecule has 70 valence electrons. The van der Waals surface area contributed by atoms with Crippen LogP contribution in [0, 0.1) is 0 Å². The van der Waals surface area contributed by atoms with E-state index in [1.54, 1.807) is 0 Å². The second-order valence-corrected chi connectivity index (χ2v) is 3.54. The van der Waals surface area contributed by atoms with Gasteiger partial charge >= 0.3 is 5.97 Å². The Bertz CT molecular complexity index is 377. The number of aromatic carboxylic acids is 1. The van der Waals surface area contributed by atoms with Crippen molar-refractivity contribution in [1.29, 1.82) is 0 Å². The van der Waals surface area contributed by atoms with Gasteiger partial charge in [-0.2, -0.15) is 0 Å². The first-order chi connectivity index (χ1) is 6.02. The Morgan fingerprint density at radius 1 is 1.46 bits per heavy atom. The topological polar surface area (TPSA) is 74.6 Å². The highest BCUT2D eigenvalue weighted by atomic mass is 35.5. The molecule has 0 spiro atoms. The fourth-order valence-electron chi connectivity index (χ4n) is 0.775. The highest BCUT2D eigenvalue weighted by Gasteiger charge is 2.09. The van der Waals surface area contributed by atoms with E-state index in [1.807, 2.05) is 0 Å². The summed E-state index contributed by atoms with van der Waals surface area (Å²) in [5.74, 6) is -1.13. The van der Waals surface area contributed by atoms with E-state index < -0.39 is 17.0 Å². The average molecular weight is 221 g/mol. The zero-order chi connectivity index (χ0) is 10.0. The summed E-state index contributed by atoms with van der Waals surface area (Å²) in [6, 6.07) is 3.56. The first-order valence-electron chi connectivity index (χ1n) is 3.16. The van der Waals surface area contributed by atoms with Gasteiger partial charge in [-0.3, -0.25) is 0 Å². The minimum atomic E-state index is -2.19. The van der Waals surface area contributed by atoms with E-state index >= 15 is 0 Å². The van der Waals surface area contributed by atoms with Crippen molar-refractivity contribution in [3.63, 3.8) is 0 Å². The van der Waals surface area contributed by atoms with Crippen LogP contribution in [-0.4, -0.2) is 19.8 Å². The number of halogens is 1. The third kappa shape index (κ3) is 2.27. The minimum Gasteiger partial charge on any atom is -0.478 e. The molecule has 1 aromatic carbocycles. The van der Waals surface area contributed by atoms with Gasteiger partial charge in [0.15, 0.2) is 11.1 Å². The molecule has 0 aliphatic carbocycles. The highest BCUT2D eigenvalue weighted by Crippen LogP contribution is 2.20. The van der Waals surface area contributed by atoms with E-state index in [-0.39, 0.29) is 15.5 Å². The summed E-state index contributed by atoms with van der Waals surface area (Å²) in [6.45, 7) is 0. The molecule has 0 aliphatic rings. The van der Waals surface area contributed by atoms with E-state index in [4.69, 9.17) is 21.3 Å². The molecule has 0 saturated heterocycles. The molecular weight excluding hydrogens is 216 g/mol. The number of rotatable bonds is 2. The van der Waals surface area contributed by atoms with Crippen molar-refractivity contribution in [3.8, 4) is 0 Å². The van der Waals surface area contributed by atoms with Crippen LogP contribution in [0.1, 0.15) is 10.4 Å². The Hall–Kier alpha value is -0.910. The molecule has 0 heterocycles. The monoisotopic (exact) mass is 220 g/mol. The van der Waals surface area contributed by atoms with Crippen LogP contribution in [0.3, 0.4) is 0 Å². The molecule has 1 aromatic rings. The predicted molar refractivity (Wildman–Crippen MR) is 47.4 cm³/mol. The quantitative estimate of drug-likeness (QED) is 0.743. The lowest BCUT2D eigenvalue weighted by Gasteiger charge is -1.99. The van der Waals surface area contributed by atoms with Crippen LogP contribution in [0.5, 0.6) is 0 Å². The van der Waals surface area contributed by atoms with Gasteiger partial charge in [0.05, 0.1) is 15.5 Å². The molecule has 0 aliphatic heterocycles. The van der Waals surface area contributed by atoms with Crippen LogP contribution in [0.4, 0.5) is 0 Å². The summed E-state index contributed by atoms with van der Waals surface area (Å²) in [7, 11) is 0. The van der Waals surface area contributed by atoms with Crippen molar-refractivity contribution in [1.82, 2.24) is 0 Å². The van der Waals surface area contributed by atoms with E-state index in [1.165, 1.54) is 12.1 Å². The first-order valence-corrected chi connectivity index (χ1v) is 4.64. The lowest BCUT2D eigenvalue weighted by molar-refractivity contribution is 0.0697. The zero-order valence-corrected chi connectivity index (χ0v) is 7.80. The number of hydrogen-bond donors (Lipinski definition) is 2. The number of benzene rings is 1. The van der Waals surface area contributed by atoms with E-state index in [2.05, 4.69) is 0 Å². The largest absolute Gasteiger partial charge is 0.478 e. The molecule has 1 atom stereocenters. The van der Waals surface area contributed by atoms with Crippen molar-refractivity contribution in [2.24, 2.45) is 0 Å². The molecule has 0 amide bonds. The van der Waals surface area contributed by atoms with E-state index in [0.717, 1.165) is 6.07 Å². The van der Waals surface area contributed by atoms with Crippen molar-refractivity contribution in [2.75, 3.05) is 0 Å². The molecule has 2 N–H and O–H groups in total. The van der Waals surface area contributed by atoms with Crippen LogP contribution in [0.15, 0.2) is 23.1 Å². The molecule has 1 unspecified atom stereocenters. The molecule has 0 radical (unpaired) electrons. The SMILES string of the molecule is O=C(O)c1ccc(S(=O)O)c(Cl)c1. The Labute approximate surface area is 81.4 Å². The lowest BCUT2D eigenvalue weighted by atomic mass is 10.2. The molecule has 13 heavy (non-hydrogen) atoms. The van der Waals surface area contributed by atoms with E-state index in [0.29, 0.717) is 0 Å². The maximum absolute atomic E-state index is 10.6. The van der Waals surface area contributed by atoms with Crippen molar-refractivity contribution >= 4 is 28.7 Å². The van der Waals surface area contributed by atoms with Gasteiger partial charge in [0.1, 0.15) is 0 Å². The zero-order valence-electron chi connectivity index (χ0n) is 6.23.